The third-order valence-corrected chi connectivity index (χ3v) is 6.03. The van der Waals surface area contributed by atoms with E-state index < -0.39 is 35.8 Å². The monoisotopic (exact) mass is 475 g/mol. The average Bonchev–Trinajstić information content (AvgIpc) is 2.87. The number of nitrogens with two attached hydrogens (primary N) is 1. The van der Waals surface area contributed by atoms with Gasteiger partial charge in [-0.2, -0.15) is 0 Å². The first-order valence-electron chi connectivity index (χ1n) is 11.3. The van der Waals surface area contributed by atoms with Crippen LogP contribution in [0.25, 0.3) is 0 Å². The van der Waals surface area contributed by atoms with Crippen molar-refractivity contribution < 1.29 is 23.5 Å². The second kappa shape index (κ2) is 10.8. The molecule has 0 saturated heterocycles. The molecule has 180 valence electrons. The molecule has 35 heavy (non-hydrogen) atoms. The van der Waals surface area contributed by atoms with E-state index >= 15 is 0 Å². The van der Waals surface area contributed by atoms with Gasteiger partial charge in [-0.05, 0) is 28.3 Å². The lowest BCUT2D eigenvalue weighted by Gasteiger charge is -2.35. The fourth-order valence-corrected chi connectivity index (χ4v) is 4.13. The van der Waals surface area contributed by atoms with Crippen LogP contribution in [0.4, 0.5) is 9.18 Å². The number of ether oxygens (including phenoxy) is 1. The summed E-state index contributed by atoms with van der Waals surface area (Å²) in [5.74, 6) is -1.85. The summed E-state index contributed by atoms with van der Waals surface area (Å²) in [6.45, 7) is 0.236. The number of nitrogens with zero attached hydrogens (tertiary/aromatic N) is 1. The molecule has 0 radical (unpaired) electrons. The molecule has 3 aromatic carbocycles. The van der Waals surface area contributed by atoms with Crippen molar-refractivity contribution in [3.63, 3.8) is 0 Å². The van der Waals surface area contributed by atoms with Crippen LogP contribution in [-0.4, -0.2) is 34.9 Å². The Labute approximate surface area is 202 Å². The van der Waals surface area contributed by atoms with Crippen molar-refractivity contribution in [2.75, 3.05) is 0 Å². The lowest BCUT2D eigenvalue weighted by molar-refractivity contribution is -0.131. The Morgan fingerprint density at radius 3 is 2.34 bits per heavy atom. The summed E-state index contributed by atoms with van der Waals surface area (Å²) >= 11 is 0. The normalized spacial score (nSPS) is 15.6. The van der Waals surface area contributed by atoms with Crippen molar-refractivity contribution in [2.24, 2.45) is 5.73 Å². The van der Waals surface area contributed by atoms with E-state index in [-0.39, 0.29) is 31.6 Å². The van der Waals surface area contributed by atoms with E-state index in [4.69, 9.17) is 10.5 Å². The number of primary amides is 1. The van der Waals surface area contributed by atoms with Gasteiger partial charge in [-0.15, -0.1) is 0 Å². The molecule has 4 rings (SSSR count). The number of carbonyl (C=O) groups excluding carboxylic acids is 3. The van der Waals surface area contributed by atoms with E-state index in [1.165, 1.54) is 23.1 Å². The van der Waals surface area contributed by atoms with Gasteiger partial charge in [0.15, 0.2) is 0 Å². The standard InChI is InChI=1S/C27H26FN3O4/c28-22-13-7-6-11-20(22)14-23(25(29)32)30-26(33)24-15-19-10-4-5-12-21(19)16-31(24)27(34)35-17-18-8-2-1-3-9-18/h1-13,23-24H,14-17H2,(H2,29,32)(H,30,33)/t23-,24-/m0/s1. The Bertz CT molecular complexity index is 1220. The maximum atomic E-state index is 14.1. The number of benzene rings is 3. The van der Waals surface area contributed by atoms with Crippen LogP contribution in [0.1, 0.15) is 22.3 Å². The smallest absolute Gasteiger partial charge is 0.411 e. The summed E-state index contributed by atoms with van der Waals surface area (Å²) in [7, 11) is 0. The molecule has 0 aromatic heterocycles. The molecule has 0 unspecified atom stereocenters. The second-order valence-electron chi connectivity index (χ2n) is 8.42. The first-order chi connectivity index (χ1) is 16.9. The first kappa shape index (κ1) is 23.9. The molecular weight excluding hydrogens is 449 g/mol. The molecule has 1 aliphatic rings. The Kier molecular flexibility index (Phi) is 7.40. The number of halogens is 1. The first-order valence-corrected chi connectivity index (χ1v) is 11.3. The summed E-state index contributed by atoms with van der Waals surface area (Å²) in [5, 5.41) is 2.62. The van der Waals surface area contributed by atoms with E-state index in [1.54, 1.807) is 6.07 Å². The number of rotatable bonds is 7. The van der Waals surface area contributed by atoms with Gasteiger partial charge in [0, 0.05) is 12.8 Å². The highest BCUT2D eigenvalue weighted by Gasteiger charge is 2.37. The van der Waals surface area contributed by atoms with Crippen LogP contribution in [0.5, 0.6) is 0 Å². The SMILES string of the molecule is NC(=O)[C@H](Cc1ccccc1F)NC(=O)[C@@H]1Cc2ccccc2CN1C(=O)OCc1ccccc1. The van der Waals surface area contributed by atoms with Gasteiger partial charge in [-0.3, -0.25) is 14.5 Å². The number of fused-ring (bicyclic) bond motifs is 1. The second-order valence-corrected chi connectivity index (χ2v) is 8.42. The molecule has 3 amide bonds. The Hall–Kier alpha value is -4.20. The minimum atomic E-state index is -1.14. The van der Waals surface area contributed by atoms with Gasteiger partial charge < -0.3 is 15.8 Å². The van der Waals surface area contributed by atoms with Gasteiger partial charge >= 0.3 is 6.09 Å². The summed E-state index contributed by atoms with van der Waals surface area (Å²) < 4.78 is 19.6. The topological polar surface area (TPSA) is 102 Å². The maximum Gasteiger partial charge on any atom is 0.411 e. The van der Waals surface area contributed by atoms with Gasteiger partial charge in [-0.25, -0.2) is 9.18 Å². The van der Waals surface area contributed by atoms with Gasteiger partial charge in [0.1, 0.15) is 24.5 Å². The molecule has 0 aliphatic carbocycles. The third-order valence-electron chi connectivity index (χ3n) is 6.03. The number of carbonyl (C=O) groups is 3. The molecule has 1 aliphatic heterocycles. The van der Waals surface area contributed by atoms with Crippen molar-refractivity contribution in [3.8, 4) is 0 Å². The molecule has 0 saturated carbocycles. The Morgan fingerprint density at radius 1 is 0.971 bits per heavy atom. The predicted molar refractivity (Wildman–Crippen MR) is 127 cm³/mol. The van der Waals surface area contributed by atoms with Crippen LogP contribution < -0.4 is 11.1 Å². The number of amides is 3. The van der Waals surface area contributed by atoms with Crippen LogP contribution in [0.15, 0.2) is 78.9 Å². The van der Waals surface area contributed by atoms with Crippen LogP contribution in [0.2, 0.25) is 0 Å². The lowest BCUT2D eigenvalue weighted by atomic mass is 9.93. The zero-order valence-corrected chi connectivity index (χ0v) is 19.0. The zero-order chi connectivity index (χ0) is 24.8. The minimum Gasteiger partial charge on any atom is -0.445 e. The van der Waals surface area contributed by atoms with Gasteiger partial charge in [0.05, 0.1) is 6.54 Å². The molecule has 1 heterocycles. The van der Waals surface area contributed by atoms with Gasteiger partial charge in [0.2, 0.25) is 11.8 Å². The van der Waals surface area contributed by atoms with Gasteiger partial charge in [0.25, 0.3) is 0 Å². The number of nitrogens with one attached hydrogen (secondary N) is 1. The Morgan fingerprint density at radius 2 is 1.63 bits per heavy atom. The molecular formula is C27H26FN3O4. The van der Waals surface area contributed by atoms with Crippen molar-refractivity contribution in [2.45, 2.75) is 38.1 Å². The quantitative estimate of drug-likeness (QED) is 0.548. The van der Waals surface area contributed by atoms with Crippen LogP contribution in [-0.2, 0) is 40.3 Å². The van der Waals surface area contributed by atoms with Crippen LogP contribution in [0, 0.1) is 5.82 Å². The highest BCUT2D eigenvalue weighted by molar-refractivity contribution is 5.91. The van der Waals surface area contributed by atoms with E-state index in [2.05, 4.69) is 5.32 Å². The summed E-state index contributed by atoms with van der Waals surface area (Å²) in [6, 6.07) is 20.7. The van der Waals surface area contributed by atoms with E-state index in [0.717, 1.165) is 16.7 Å². The Balaban J connectivity index is 1.52. The summed E-state index contributed by atoms with van der Waals surface area (Å²) in [6.07, 6.45) is -0.503. The molecule has 2 atom stereocenters. The van der Waals surface area contributed by atoms with E-state index in [1.807, 2.05) is 54.6 Å². The molecule has 3 N–H and O–H groups in total. The number of hydrogen-bond donors (Lipinski definition) is 2. The molecule has 3 aromatic rings. The predicted octanol–water partition coefficient (Wildman–Crippen LogP) is 3.10. The zero-order valence-electron chi connectivity index (χ0n) is 19.0. The highest BCUT2D eigenvalue weighted by atomic mass is 19.1. The fourth-order valence-electron chi connectivity index (χ4n) is 4.13. The highest BCUT2D eigenvalue weighted by Crippen LogP contribution is 2.25. The van der Waals surface area contributed by atoms with Crippen LogP contribution >= 0.6 is 0 Å². The van der Waals surface area contributed by atoms with E-state index in [0.29, 0.717) is 0 Å². The van der Waals surface area contributed by atoms with Crippen molar-refractivity contribution >= 4 is 17.9 Å². The van der Waals surface area contributed by atoms with Crippen LogP contribution in [0.3, 0.4) is 0 Å². The van der Waals surface area contributed by atoms with E-state index in [9.17, 15) is 18.8 Å². The minimum absolute atomic E-state index is 0.0589. The van der Waals surface area contributed by atoms with Crippen molar-refractivity contribution in [1.82, 2.24) is 10.2 Å². The lowest BCUT2D eigenvalue weighted by Crippen LogP contribution is -2.56. The largest absolute Gasteiger partial charge is 0.445 e. The number of hydrogen-bond acceptors (Lipinski definition) is 4. The molecule has 7 nitrogen and oxygen atoms in total. The molecule has 0 spiro atoms. The fraction of sp³-hybridized carbons (Fsp3) is 0.222. The van der Waals surface area contributed by atoms with Gasteiger partial charge in [-0.1, -0.05) is 72.8 Å². The summed E-state index contributed by atoms with van der Waals surface area (Å²) in [4.78, 5) is 39.8. The summed E-state index contributed by atoms with van der Waals surface area (Å²) in [5.41, 5.74) is 8.42. The maximum absolute atomic E-state index is 14.1. The third kappa shape index (κ3) is 5.84. The molecule has 0 bridgehead atoms. The molecule has 0 fully saturated rings. The molecule has 8 heteroatoms. The van der Waals surface area contributed by atoms with Crippen molar-refractivity contribution in [3.05, 3.63) is 107 Å². The van der Waals surface area contributed by atoms with Crippen molar-refractivity contribution in [1.29, 1.82) is 0 Å². The average molecular weight is 476 g/mol.